The Labute approximate surface area is 79.0 Å². The number of hydrogen-bond acceptors (Lipinski definition) is 3. The highest BCUT2D eigenvalue weighted by Crippen LogP contribution is 2.05. The van der Waals surface area contributed by atoms with Crippen LogP contribution < -0.4 is 5.69 Å². The highest BCUT2D eigenvalue weighted by atomic mass is 16.3. The van der Waals surface area contributed by atoms with Crippen LogP contribution in [0.3, 0.4) is 0 Å². The van der Waals surface area contributed by atoms with Gasteiger partial charge in [-0.25, -0.2) is 9.78 Å². The van der Waals surface area contributed by atoms with Gasteiger partial charge in [0.2, 0.25) is 0 Å². The highest BCUT2D eigenvalue weighted by molar-refractivity contribution is 5.76. The summed E-state index contributed by atoms with van der Waals surface area (Å²) in [5.74, 6) is 0. The van der Waals surface area contributed by atoms with Gasteiger partial charge in [0.05, 0.1) is 5.52 Å². The first-order chi connectivity index (χ1) is 6.77. The van der Waals surface area contributed by atoms with E-state index >= 15 is 0 Å². The number of aromatic amines is 1. The number of fused-ring (bicyclic) bond motifs is 1. The maximum absolute atomic E-state index is 10.7. The Hall–Kier alpha value is -2.17. The van der Waals surface area contributed by atoms with Gasteiger partial charge >= 0.3 is 5.69 Å². The third kappa shape index (κ3) is 2.41. The molecule has 1 heterocycles. The minimum Gasteiger partial charge on any atom is -0.483 e. The van der Waals surface area contributed by atoms with Crippen LogP contribution in [0.5, 0.6) is 0 Å². The van der Waals surface area contributed by atoms with E-state index in [0.717, 1.165) is 10.9 Å². The molecule has 0 amide bonds. The van der Waals surface area contributed by atoms with E-state index in [4.69, 9.17) is 9.90 Å². The minimum absolute atomic E-state index is 0.250. The zero-order valence-electron chi connectivity index (χ0n) is 7.18. The SMILES string of the molecule is O=CO.O=c1ncc2ccccc2[nH]1. The van der Waals surface area contributed by atoms with Gasteiger partial charge in [-0.15, -0.1) is 0 Å². The second kappa shape index (κ2) is 4.76. The van der Waals surface area contributed by atoms with E-state index in [1.54, 1.807) is 6.20 Å². The van der Waals surface area contributed by atoms with Crippen LogP contribution in [0.25, 0.3) is 10.9 Å². The van der Waals surface area contributed by atoms with Crippen molar-refractivity contribution in [1.82, 2.24) is 9.97 Å². The summed E-state index contributed by atoms with van der Waals surface area (Å²) < 4.78 is 0. The van der Waals surface area contributed by atoms with E-state index in [2.05, 4.69) is 9.97 Å². The summed E-state index contributed by atoms with van der Waals surface area (Å²) in [6.45, 7) is -0.250. The van der Waals surface area contributed by atoms with E-state index in [-0.39, 0.29) is 12.2 Å². The highest BCUT2D eigenvalue weighted by Gasteiger charge is 1.90. The van der Waals surface area contributed by atoms with Crippen molar-refractivity contribution in [3.63, 3.8) is 0 Å². The third-order valence-electron chi connectivity index (χ3n) is 1.52. The zero-order chi connectivity index (χ0) is 10.4. The molecule has 0 saturated carbocycles. The Morgan fingerprint density at radius 3 is 2.71 bits per heavy atom. The van der Waals surface area contributed by atoms with Crippen molar-refractivity contribution in [2.75, 3.05) is 0 Å². The van der Waals surface area contributed by atoms with Crippen LogP contribution in [0.4, 0.5) is 0 Å². The first kappa shape index (κ1) is 9.91. The predicted octanol–water partition coefficient (Wildman–Crippen LogP) is 0.624. The molecule has 0 aliphatic heterocycles. The van der Waals surface area contributed by atoms with Crippen LogP contribution in [0.1, 0.15) is 0 Å². The van der Waals surface area contributed by atoms with E-state index in [0.29, 0.717) is 0 Å². The van der Waals surface area contributed by atoms with Gasteiger partial charge in [-0.2, -0.15) is 0 Å². The summed E-state index contributed by atoms with van der Waals surface area (Å²) in [6, 6.07) is 7.53. The molecule has 2 aromatic rings. The smallest absolute Gasteiger partial charge is 0.345 e. The van der Waals surface area contributed by atoms with Gasteiger partial charge in [0.25, 0.3) is 6.47 Å². The number of nitrogens with one attached hydrogen (secondary N) is 1. The van der Waals surface area contributed by atoms with Crippen LogP contribution in [0, 0.1) is 0 Å². The van der Waals surface area contributed by atoms with Gasteiger partial charge in [-0.3, -0.25) is 4.79 Å². The molecule has 0 aliphatic rings. The summed E-state index contributed by atoms with van der Waals surface area (Å²) >= 11 is 0. The Morgan fingerprint density at radius 1 is 1.36 bits per heavy atom. The quantitative estimate of drug-likeness (QED) is 0.599. The molecule has 5 nitrogen and oxygen atoms in total. The Balaban J connectivity index is 0.000000293. The topological polar surface area (TPSA) is 83.0 Å². The van der Waals surface area contributed by atoms with Gasteiger partial charge < -0.3 is 10.1 Å². The second-order valence-corrected chi connectivity index (χ2v) is 2.38. The normalized spacial score (nSPS) is 8.86. The lowest BCUT2D eigenvalue weighted by molar-refractivity contribution is -0.122. The lowest BCUT2D eigenvalue weighted by Gasteiger charge is -1.92. The monoisotopic (exact) mass is 192 g/mol. The van der Waals surface area contributed by atoms with Crippen molar-refractivity contribution in [1.29, 1.82) is 0 Å². The number of benzene rings is 1. The zero-order valence-corrected chi connectivity index (χ0v) is 7.18. The lowest BCUT2D eigenvalue weighted by Crippen LogP contribution is -2.07. The average molecular weight is 192 g/mol. The molecule has 5 heteroatoms. The van der Waals surface area contributed by atoms with Crippen molar-refractivity contribution in [3.8, 4) is 0 Å². The molecular formula is C9H8N2O3. The summed E-state index contributed by atoms with van der Waals surface area (Å²) in [4.78, 5) is 25.3. The molecule has 0 bridgehead atoms. The number of para-hydroxylation sites is 1. The van der Waals surface area contributed by atoms with E-state index in [1.807, 2.05) is 24.3 Å². The molecular weight excluding hydrogens is 184 g/mol. The Morgan fingerprint density at radius 2 is 2.00 bits per heavy atom. The molecule has 1 aromatic carbocycles. The van der Waals surface area contributed by atoms with Gasteiger partial charge in [0.1, 0.15) is 0 Å². The van der Waals surface area contributed by atoms with Crippen LogP contribution in [-0.2, 0) is 4.79 Å². The van der Waals surface area contributed by atoms with Gasteiger partial charge in [-0.05, 0) is 6.07 Å². The maximum Gasteiger partial charge on any atom is 0.345 e. The molecule has 0 saturated heterocycles. The molecule has 0 spiro atoms. The van der Waals surface area contributed by atoms with Crippen molar-refractivity contribution >= 4 is 17.4 Å². The van der Waals surface area contributed by atoms with Crippen LogP contribution in [0.2, 0.25) is 0 Å². The number of rotatable bonds is 0. The standard InChI is InChI=1S/C8H6N2O.CH2O2/c11-8-9-5-6-3-1-2-4-7(6)10-8;2-1-3/h1-5H,(H,9,10,11);1H,(H,2,3). The summed E-state index contributed by atoms with van der Waals surface area (Å²) in [5, 5.41) is 7.84. The molecule has 0 fully saturated rings. The van der Waals surface area contributed by atoms with Crippen molar-refractivity contribution in [2.45, 2.75) is 0 Å². The van der Waals surface area contributed by atoms with E-state index in [1.165, 1.54) is 0 Å². The van der Waals surface area contributed by atoms with Crippen molar-refractivity contribution in [3.05, 3.63) is 40.9 Å². The number of hydrogen-bond donors (Lipinski definition) is 2. The van der Waals surface area contributed by atoms with Crippen LogP contribution in [0.15, 0.2) is 35.3 Å². The molecule has 0 radical (unpaired) electrons. The minimum atomic E-state index is -0.302. The lowest BCUT2D eigenvalue weighted by atomic mass is 10.2. The number of H-pyrrole nitrogens is 1. The van der Waals surface area contributed by atoms with Crippen molar-refractivity contribution < 1.29 is 9.90 Å². The van der Waals surface area contributed by atoms with Crippen molar-refractivity contribution in [2.24, 2.45) is 0 Å². The molecule has 2 rings (SSSR count). The number of aromatic nitrogens is 2. The van der Waals surface area contributed by atoms with Crippen LogP contribution in [-0.4, -0.2) is 21.5 Å². The summed E-state index contributed by atoms with van der Waals surface area (Å²) in [5.41, 5.74) is 0.524. The molecule has 0 aliphatic carbocycles. The first-order valence-electron chi connectivity index (χ1n) is 3.80. The third-order valence-corrected chi connectivity index (χ3v) is 1.52. The number of carbonyl (C=O) groups is 1. The first-order valence-corrected chi connectivity index (χ1v) is 3.80. The average Bonchev–Trinajstić information content (AvgIpc) is 2.19. The second-order valence-electron chi connectivity index (χ2n) is 2.38. The Kier molecular flexibility index (Phi) is 3.37. The fourth-order valence-electron chi connectivity index (χ4n) is 0.999. The molecule has 0 unspecified atom stereocenters. The molecule has 14 heavy (non-hydrogen) atoms. The van der Waals surface area contributed by atoms with E-state index in [9.17, 15) is 4.79 Å². The Bertz CT molecular complexity index is 478. The van der Waals surface area contributed by atoms with Gasteiger partial charge in [-0.1, -0.05) is 18.2 Å². The number of carboxylic acid groups (broad SMARTS) is 1. The fourth-order valence-corrected chi connectivity index (χ4v) is 0.999. The van der Waals surface area contributed by atoms with Gasteiger partial charge in [0, 0.05) is 11.6 Å². The van der Waals surface area contributed by atoms with E-state index < -0.39 is 0 Å². The summed E-state index contributed by atoms with van der Waals surface area (Å²) in [7, 11) is 0. The fraction of sp³-hybridized carbons (Fsp3) is 0. The molecule has 0 atom stereocenters. The number of nitrogens with zero attached hydrogens (tertiary/aromatic N) is 1. The molecule has 2 N–H and O–H groups in total. The van der Waals surface area contributed by atoms with Gasteiger partial charge in [0.15, 0.2) is 0 Å². The van der Waals surface area contributed by atoms with Crippen LogP contribution >= 0.6 is 0 Å². The molecule has 72 valence electrons. The maximum atomic E-state index is 10.7. The predicted molar refractivity (Wildman–Crippen MR) is 51.1 cm³/mol. The molecule has 1 aromatic heterocycles. The largest absolute Gasteiger partial charge is 0.483 e. The summed E-state index contributed by atoms with van der Waals surface area (Å²) in [6.07, 6.45) is 1.56.